The van der Waals surface area contributed by atoms with Crippen LogP contribution < -0.4 is 5.73 Å². The van der Waals surface area contributed by atoms with Gasteiger partial charge in [-0.15, -0.1) is 5.10 Å². The molecule has 0 aliphatic rings. The van der Waals surface area contributed by atoms with Crippen molar-refractivity contribution in [1.29, 1.82) is 0 Å². The minimum atomic E-state index is -4.64. The first-order valence-electron chi connectivity index (χ1n) is 4.96. The van der Waals surface area contributed by atoms with E-state index in [4.69, 9.17) is 5.73 Å². The quantitative estimate of drug-likeness (QED) is 0.872. The Hall–Kier alpha value is -2.03. The van der Waals surface area contributed by atoms with Crippen LogP contribution in [0.3, 0.4) is 0 Å². The summed E-state index contributed by atoms with van der Waals surface area (Å²) in [4.78, 5) is 11.0. The molecule has 0 amide bonds. The molecule has 2 N–H and O–H groups in total. The molecule has 0 bridgehead atoms. The average Bonchev–Trinajstić information content (AvgIpc) is 2.74. The van der Waals surface area contributed by atoms with E-state index in [-0.39, 0.29) is 11.8 Å². The van der Waals surface area contributed by atoms with Gasteiger partial charge in [-0.25, -0.2) is 15.0 Å². The highest BCUT2D eigenvalue weighted by Gasteiger charge is 2.37. The number of hydrogen-bond donors (Lipinski definition) is 1. The Kier molecular flexibility index (Phi) is 2.99. The fraction of sp³-hybridized carbons (Fsp3) is 0.333. The van der Waals surface area contributed by atoms with Crippen molar-refractivity contribution >= 4 is 0 Å². The van der Waals surface area contributed by atoms with Crippen molar-refractivity contribution in [2.45, 2.75) is 19.1 Å². The summed E-state index contributed by atoms with van der Waals surface area (Å²) in [7, 11) is 0. The van der Waals surface area contributed by atoms with Gasteiger partial charge in [-0.05, 0) is 13.0 Å². The third-order valence-electron chi connectivity index (χ3n) is 2.03. The molecule has 9 heteroatoms. The zero-order chi connectivity index (χ0) is 13.3. The highest BCUT2D eigenvalue weighted by Crippen LogP contribution is 2.27. The lowest BCUT2D eigenvalue weighted by Gasteiger charge is -2.05. The van der Waals surface area contributed by atoms with E-state index in [1.54, 1.807) is 0 Å². The first-order chi connectivity index (χ1) is 8.39. The molecule has 6 nitrogen and oxygen atoms in total. The molecule has 1 atom stereocenters. The number of halogens is 3. The van der Waals surface area contributed by atoms with E-state index in [1.807, 2.05) is 0 Å². The minimum absolute atomic E-state index is 0.00667. The van der Waals surface area contributed by atoms with Crippen LogP contribution in [0.4, 0.5) is 13.2 Å². The van der Waals surface area contributed by atoms with Crippen LogP contribution in [-0.4, -0.2) is 24.7 Å². The monoisotopic (exact) mass is 258 g/mol. The predicted molar refractivity (Wildman–Crippen MR) is 54.6 cm³/mol. The highest BCUT2D eigenvalue weighted by atomic mass is 19.4. The molecular weight excluding hydrogens is 249 g/mol. The molecule has 0 radical (unpaired) electrons. The number of hydrogen-bond acceptors (Lipinski definition) is 5. The van der Waals surface area contributed by atoms with Crippen molar-refractivity contribution in [2.24, 2.45) is 5.73 Å². The third kappa shape index (κ3) is 2.30. The average molecular weight is 258 g/mol. The molecule has 2 aromatic rings. The van der Waals surface area contributed by atoms with Gasteiger partial charge in [0.15, 0.2) is 5.82 Å². The van der Waals surface area contributed by atoms with E-state index < -0.39 is 18.0 Å². The standard InChI is InChI=1S/C9H9F3N6/c1-5(13)6-16-7(9(10,11)12)17-18(6)8-14-3-2-4-15-8/h2-5H,13H2,1H3/t5-/m0/s1. The summed E-state index contributed by atoms with van der Waals surface area (Å²) >= 11 is 0. The molecule has 0 saturated heterocycles. The maximum atomic E-state index is 12.5. The van der Waals surface area contributed by atoms with Crippen molar-refractivity contribution in [3.05, 3.63) is 30.1 Å². The Balaban J connectivity index is 2.56. The number of aromatic nitrogens is 5. The SMILES string of the molecule is C[C@H](N)c1nc(C(F)(F)F)nn1-c1ncccn1. The summed E-state index contributed by atoms with van der Waals surface area (Å²) in [5, 5.41) is 3.35. The van der Waals surface area contributed by atoms with Crippen LogP contribution in [0.2, 0.25) is 0 Å². The second kappa shape index (κ2) is 4.33. The van der Waals surface area contributed by atoms with Gasteiger partial charge in [0, 0.05) is 12.4 Å². The molecule has 0 spiro atoms. The molecule has 0 aliphatic carbocycles. The second-order valence-corrected chi connectivity index (χ2v) is 3.54. The van der Waals surface area contributed by atoms with E-state index >= 15 is 0 Å². The highest BCUT2D eigenvalue weighted by molar-refractivity contribution is 5.14. The van der Waals surface area contributed by atoms with Crippen LogP contribution in [0.25, 0.3) is 5.95 Å². The molecule has 96 valence electrons. The van der Waals surface area contributed by atoms with Crippen LogP contribution in [0.1, 0.15) is 24.6 Å². The van der Waals surface area contributed by atoms with Gasteiger partial charge in [0.05, 0.1) is 6.04 Å². The molecule has 2 rings (SSSR count). The Morgan fingerprint density at radius 1 is 1.28 bits per heavy atom. The van der Waals surface area contributed by atoms with Gasteiger partial charge in [0.1, 0.15) is 0 Å². The lowest BCUT2D eigenvalue weighted by molar-refractivity contribution is -0.144. The molecule has 0 fully saturated rings. The molecule has 2 aromatic heterocycles. The molecule has 18 heavy (non-hydrogen) atoms. The Morgan fingerprint density at radius 3 is 2.39 bits per heavy atom. The first-order valence-corrected chi connectivity index (χ1v) is 4.96. The summed E-state index contributed by atoms with van der Waals surface area (Å²) in [6.45, 7) is 1.50. The lowest BCUT2D eigenvalue weighted by Crippen LogP contribution is -2.14. The van der Waals surface area contributed by atoms with Crippen molar-refractivity contribution in [3.8, 4) is 5.95 Å². The van der Waals surface area contributed by atoms with Gasteiger partial charge in [0.25, 0.3) is 11.8 Å². The van der Waals surface area contributed by atoms with Crippen molar-refractivity contribution in [3.63, 3.8) is 0 Å². The fourth-order valence-corrected chi connectivity index (χ4v) is 1.29. The number of nitrogens with two attached hydrogens (primary N) is 1. The third-order valence-corrected chi connectivity index (χ3v) is 2.03. The summed E-state index contributed by atoms with van der Waals surface area (Å²) < 4.78 is 38.5. The normalized spacial score (nSPS) is 13.6. The molecular formula is C9H9F3N6. The second-order valence-electron chi connectivity index (χ2n) is 3.54. The van der Waals surface area contributed by atoms with E-state index in [2.05, 4.69) is 20.1 Å². The van der Waals surface area contributed by atoms with Gasteiger partial charge in [-0.2, -0.15) is 17.9 Å². The van der Waals surface area contributed by atoms with Crippen LogP contribution >= 0.6 is 0 Å². The maximum absolute atomic E-state index is 12.5. The van der Waals surface area contributed by atoms with Crippen molar-refractivity contribution in [1.82, 2.24) is 24.7 Å². The first kappa shape index (κ1) is 12.4. The maximum Gasteiger partial charge on any atom is 0.453 e. The molecule has 0 aromatic carbocycles. The van der Waals surface area contributed by atoms with Gasteiger partial charge in [-0.3, -0.25) is 0 Å². The largest absolute Gasteiger partial charge is 0.453 e. The van der Waals surface area contributed by atoms with Crippen LogP contribution in [-0.2, 0) is 6.18 Å². The van der Waals surface area contributed by atoms with E-state index in [9.17, 15) is 13.2 Å². The number of rotatable bonds is 2. The molecule has 0 unspecified atom stereocenters. The zero-order valence-corrected chi connectivity index (χ0v) is 9.26. The number of nitrogens with zero attached hydrogens (tertiary/aromatic N) is 5. The molecule has 0 saturated carbocycles. The van der Waals surface area contributed by atoms with Crippen LogP contribution in [0.5, 0.6) is 0 Å². The summed E-state index contributed by atoms with van der Waals surface area (Å²) in [5.74, 6) is -1.32. The smallest absolute Gasteiger partial charge is 0.322 e. The van der Waals surface area contributed by atoms with Crippen LogP contribution in [0, 0.1) is 0 Å². The van der Waals surface area contributed by atoms with Gasteiger partial charge >= 0.3 is 6.18 Å². The van der Waals surface area contributed by atoms with Gasteiger partial charge < -0.3 is 5.73 Å². The lowest BCUT2D eigenvalue weighted by atomic mass is 10.3. The Labute approximate surface area is 99.7 Å². The Bertz CT molecular complexity index is 533. The van der Waals surface area contributed by atoms with E-state index in [1.165, 1.54) is 25.4 Å². The van der Waals surface area contributed by atoms with Gasteiger partial charge in [-0.1, -0.05) is 0 Å². The number of alkyl halides is 3. The van der Waals surface area contributed by atoms with Crippen molar-refractivity contribution < 1.29 is 13.2 Å². The minimum Gasteiger partial charge on any atom is -0.322 e. The Morgan fingerprint density at radius 2 is 1.89 bits per heavy atom. The topological polar surface area (TPSA) is 82.5 Å². The van der Waals surface area contributed by atoms with E-state index in [0.717, 1.165) is 4.68 Å². The fourth-order valence-electron chi connectivity index (χ4n) is 1.29. The molecule has 2 heterocycles. The summed E-state index contributed by atoms with van der Waals surface area (Å²) in [5.41, 5.74) is 5.56. The molecule has 0 aliphatic heterocycles. The van der Waals surface area contributed by atoms with Crippen LogP contribution in [0.15, 0.2) is 18.5 Å². The predicted octanol–water partition coefficient (Wildman–Crippen LogP) is 1.10. The van der Waals surface area contributed by atoms with Gasteiger partial charge in [0.2, 0.25) is 0 Å². The van der Waals surface area contributed by atoms with E-state index in [0.29, 0.717) is 0 Å². The summed E-state index contributed by atoms with van der Waals surface area (Å²) in [6.07, 6.45) is -1.85. The summed E-state index contributed by atoms with van der Waals surface area (Å²) in [6, 6.07) is 0.814. The van der Waals surface area contributed by atoms with Crippen molar-refractivity contribution in [2.75, 3.05) is 0 Å². The zero-order valence-electron chi connectivity index (χ0n) is 9.26.